The second kappa shape index (κ2) is 5.47. The highest BCUT2D eigenvalue weighted by Gasteiger charge is 2.36. The summed E-state index contributed by atoms with van der Waals surface area (Å²) in [6.45, 7) is 2.65. The van der Waals surface area contributed by atoms with Gasteiger partial charge in [0.1, 0.15) is 5.75 Å². The smallest absolute Gasteiger partial charge is 0.119 e. The second-order valence-corrected chi connectivity index (χ2v) is 5.07. The molecule has 1 N–H and O–H groups in total. The predicted molar refractivity (Wildman–Crippen MR) is 73.8 cm³/mol. The van der Waals surface area contributed by atoms with Gasteiger partial charge >= 0.3 is 0 Å². The quantitative estimate of drug-likeness (QED) is 0.846. The SMILES string of the molecule is COc1ccc2c(c1)CC1(CC2)COCCN1.Cl. The van der Waals surface area contributed by atoms with Gasteiger partial charge in [0.05, 0.1) is 20.3 Å². The van der Waals surface area contributed by atoms with Crippen LogP contribution in [-0.4, -0.2) is 32.4 Å². The highest BCUT2D eigenvalue weighted by Crippen LogP contribution is 2.32. The van der Waals surface area contributed by atoms with Crippen LogP contribution in [-0.2, 0) is 17.6 Å². The number of benzene rings is 1. The molecule has 1 aromatic carbocycles. The third-order valence-electron chi connectivity index (χ3n) is 3.94. The van der Waals surface area contributed by atoms with Crippen molar-refractivity contribution in [1.82, 2.24) is 5.32 Å². The van der Waals surface area contributed by atoms with E-state index in [1.54, 1.807) is 7.11 Å². The lowest BCUT2D eigenvalue weighted by molar-refractivity contribution is 0.0206. The third kappa shape index (κ3) is 2.48. The van der Waals surface area contributed by atoms with Gasteiger partial charge in [-0.1, -0.05) is 6.07 Å². The van der Waals surface area contributed by atoms with Crippen LogP contribution in [0, 0.1) is 0 Å². The van der Waals surface area contributed by atoms with E-state index in [4.69, 9.17) is 9.47 Å². The Hall–Kier alpha value is -0.770. The van der Waals surface area contributed by atoms with Crippen molar-refractivity contribution < 1.29 is 9.47 Å². The average molecular weight is 270 g/mol. The van der Waals surface area contributed by atoms with E-state index < -0.39 is 0 Å². The highest BCUT2D eigenvalue weighted by atomic mass is 35.5. The molecule has 1 atom stereocenters. The zero-order valence-corrected chi connectivity index (χ0v) is 11.5. The number of aryl methyl sites for hydroxylation is 1. The fraction of sp³-hybridized carbons (Fsp3) is 0.571. The Morgan fingerprint density at radius 3 is 2.94 bits per heavy atom. The van der Waals surface area contributed by atoms with Crippen LogP contribution in [0.25, 0.3) is 0 Å². The lowest BCUT2D eigenvalue weighted by Crippen LogP contribution is -2.57. The highest BCUT2D eigenvalue weighted by molar-refractivity contribution is 5.85. The molecule has 18 heavy (non-hydrogen) atoms. The van der Waals surface area contributed by atoms with E-state index in [0.717, 1.165) is 38.3 Å². The lowest BCUT2D eigenvalue weighted by Gasteiger charge is -2.41. The van der Waals surface area contributed by atoms with Crippen molar-refractivity contribution in [1.29, 1.82) is 0 Å². The molecule has 100 valence electrons. The molecule has 0 bridgehead atoms. The Morgan fingerprint density at radius 1 is 1.33 bits per heavy atom. The summed E-state index contributed by atoms with van der Waals surface area (Å²) < 4.78 is 10.9. The van der Waals surface area contributed by atoms with Crippen LogP contribution in [0.1, 0.15) is 17.5 Å². The maximum absolute atomic E-state index is 5.64. The predicted octanol–water partition coefficient (Wildman–Crippen LogP) is 1.96. The normalized spacial score (nSPS) is 26.3. The number of hydrogen-bond acceptors (Lipinski definition) is 3. The van der Waals surface area contributed by atoms with Gasteiger partial charge in [0, 0.05) is 12.1 Å². The molecule has 0 amide bonds. The van der Waals surface area contributed by atoms with Crippen LogP contribution in [0.4, 0.5) is 0 Å². The topological polar surface area (TPSA) is 30.5 Å². The minimum absolute atomic E-state index is 0. The van der Waals surface area contributed by atoms with Crippen molar-refractivity contribution in [3.63, 3.8) is 0 Å². The Kier molecular flexibility index (Phi) is 4.15. The number of fused-ring (bicyclic) bond motifs is 1. The molecule has 1 aliphatic carbocycles. The molecule has 1 aromatic rings. The van der Waals surface area contributed by atoms with Gasteiger partial charge in [0.2, 0.25) is 0 Å². The Bertz CT molecular complexity index is 416. The molecule has 0 radical (unpaired) electrons. The molecule has 1 heterocycles. The van der Waals surface area contributed by atoms with Crippen LogP contribution in [0.5, 0.6) is 5.75 Å². The number of rotatable bonds is 1. The summed E-state index contributed by atoms with van der Waals surface area (Å²) in [5.41, 5.74) is 3.04. The van der Waals surface area contributed by atoms with Gasteiger partial charge in [-0.05, 0) is 42.5 Å². The Morgan fingerprint density at radius 2 is 2.22 bits per heavy atom. The molecule has 1 saturated heterocycles. The Balaban J connectivity index is 0.00000120. The minimum Gasteiger partial charge on any atom is -0.497 e. The summed E-state index contributed by atoms with van der Waals surface area (Å²) in [5, 5.41) is 3.65. The number of hydrogen-bond donors (Lipinski definition) is 1. The second-order valence-electron chi connectivity index (χ2n) is 5.07. The van der Waals surface area contributed by atoms with Crippen LogP contribution in [0.2, 0.25) is 0 Å². The number of nitrogens with one attached hydrogen (secondary N) is 1. The van der Waals surface area contributed by atoms with E-state index in [0.29, 0.717) is 0 Å². The lowest BCUT2D eigenvalue weighted by atomic mass is 9.78. The van der Waals surface area contributed by atoms with E-state index in [1.165, 1.54) is 17.5 Å². The van der Waals surface area contributed by atoms with Crippen molar-refractivity contribution in [3.8, 4) is 5.75 Å². The first-order valence-corrected chi connectivity index (χ1v) is 6.30. The molecule has 3 rings (SSSR count). The van der Waals surface area contributed by atoms with Crippen LogP contribution < -0.4 is 10.1 Å². The summed E-state index contributed by atoms with van der Waals surface area (Å²) in [6, 6.07) is 6.43. The molecule has 3 nitrogen and oxygen atoms in total. The van der Waals surface area contributed by atoms with Crippen molar-refractivity contribution >= 4 is 12.4 Å². The number of ether oxygens (including phenoxy) is 2. The number of methoxy groups -OCH3 is 1. The number of halogens is 1. The maximum Gasteiger partial charge on any atom is 0.119 e. The molecule has 0 saturated carbocycles. The van der Waals surface area contributed by atoms with E-state index in [-0.39, 0.29) is 17.9 Å². The van der Waals surface area contributed by atoms with Gasteiger partial charge in [-0.2, -0.15) is 0 Å². The summed E-state index contributed by atoms with van der Waals surface area (Å²) >= 11 is 0. The van der Waals surface area contributed by atoms with Crippen molar-refractivity contribution in [2.75, 3.05) is 26.9 Å². The molecule has 1 unspecified atom stereocenters. The zero-order chi connectivity index (χ0) is 11.7. The molecule has 1 fully saturated rings. The standard InChI is InChI=1S/C14H19NO2.ClH/c1-16-13-3-2-11-4-5-14(9-12(11)8-13)10-17-7-6-15-14;/h2-3,8,15H,4-7,9-10H2,1H3;1H. The molecule has 1 aliphatic heterocycles. The first kappa shape index (κ1) is 13.7. The molecule has 2 aliphatic rings. The average Bonchev–Trinajstić information content (AvgIpc) is 2.39. The maximum atomic E-state index is 5.64. The first-order valence-electron chi connectivity index (χ1n) is 6.30. The van der Waals surface area contributed by atoms with E-state index in [1.807, 2.05) is 0 Å². The zero-order valence-electron chi connectivity index (χ0n) is 10.7. The van der Waals surface area contributed by atoms with E-state index in [2.05, 4.69) is 23.5 Å². The molecule has 0 aromatic heterocycles. The van der Waals surface area contributed by atoms with Gasteiger partial charge < -0.3 is 14.8 Å². The summed E-state index contributed by atoms with van der Waals surface area (Å²) in [4.78, 5) is 0. The monoisotopic (exact) mass is 269 g/mol. The van der Waals surface area contributed by atoms with Gasteiger partial charge in [-0.15, -0.1) is 12.4 Å². The fourth-order valence-corrected chi connectivity index (χ4v) is 2.95. The largest absolute Gasteiger partial charge is 0.497 e. The number of morpholine rings is 1. The van der Waals surface area contributed by atoms with Gasteiger partial charge in [0.15, 0.2) is 0 Å². The summed E-state index contributed by atoms with van der Waals surface area (Å²) in [7, 11) is 1.72. The van der Waals surface area contributed by atoms with Gasteiger partial charge in [-0.25, -0.2) is 0 Å². The molecular weight excluding hydrogens is 250 g/mol. The summed E-state index contributed by atoms with van der Waals surface area (Å²) in [5.74, 6) is 0.956. The first-order chi connectivity index (χ1) is 8.31. The summed E-state index contributed by atoms with van der Waals surface area (Å²) in [6.07, 6.45) is 3.36. The van der Waals surface area contributed by atoms with Crippen LogP contribution in [0.15, 0.2) is 18.2 Å². The van der Waals surface area contributed by atoms with Crippen LogP contribution >= 0.6 is 12.4 Å². The van der Waals surface area contributed by atoms with E-state index in [9.17, 15) is 0 Å². The fourth-order valence-electron chi connectivity index (χ4n) is 2.95. The molecular formula is C14H20ClNO2. The minimum atomic E-state index is 0. The third-order valence-corrected chi connectivity index (χ3v) is 3.94. The Labute approximate surface area is 114 Å². The van der Waals surface area contributed by atoms with Crippen molar-refractivity contribution in [3.05, 3.63) is 29.3 Å². The molecule has 4 heteroatoms. The van der Waals surface area contributed by atoms with Crippen molar-refractivity contribution in [2.45, 2.75) is 24.8 Å². The van der Waals surface area contributed by atoms with Crippen molar-refractivity contribution in [2.24, 2.45) is 0 Å². The van der Waals surface area contributed by atoms with E-state index >= 15 is 0 Å². The van der Waals surface area contributed by atoms with Crippen LogP contribution in [0.3, 0.4) is 0 Å². The van der Waals surface area contributed by atoms with Gasteiger partial charge in [-0.3, -0.25) is 0 Å². The van der Waals surface area contributed by atoms with Gasteiger partial charge in [0.25, 0.3) is 0 Å². The molecule has 1 spiro atoms.